The number of allylic oxidation sites excluding steroid dienone is 2. The molecule has 2 aliphatic heterocycles. The first-order valence-corrected chi connectivity index (χ1v) is 13.0. The minimum atomic E-state index is -5.30. The molecule has 15 heteroatoms. The Kier molecular flexibility index (Phi) is 7.41. The van der Waals surface area contributed by atoms with Crippen LogP contribution in [0.15, 0.2) is 12.2 Å². The van der Waals surface area contributed by atoms with Crippen LogP contribution in [0, 0.1) is 35.0 Å². The van der Waals surface area contributed by atoms with Crippen LogP contribution in [-0.2, 0) is 24.0 Å². The average Bonchev–Trinajstić information content (AvgIpc) is 3.54. The zero-order valence-electron chi connectivity index (χ0n) is 22.1. The van der Waals surface area contributed by atoms with Gasteiger partial charge in [-0.2, -0.15) is 13.2 Å². The van der Waals surface area contributed by atoms with E-state index in [0.717, 1.165) is 4.90 Å². The second-order valence-corrected chi connectivity index (χ2v) is 12.0. The molecule has 0 unspecified atom stereocenters. The lowest BCUT2D eigenvalue weighted by molar-refractivity contribution is -0.176. The first-order chi connectivity index (χ1) is 18.4. The second kappa shape index (κ2) is 9.98. The summed E-state index contributed by atoms with van der Waals surface area (Å²) >= 11 is 0. The number of hydrogen-bond acceptors (Lipinski definition) is 5. The van der Waals surface area contributed by atoms with Crippen molar-refractivity contribution >= 4 is 29.5 Å². The predicted molar refractivity (Wildman–Crippen MR) is 128 cm³/mol. The van der Waals surface area contributed by atoms with E-state index in [4.69, 9.17) is 5.73 Å². The Balaban J connectivity index is 1.65. The molecule has 2 saturated heterocycles. The van der Waals surface area contributed by atoms with Crippen LogP contribution in [0.1, 0.15) is 33.6 Å². The number of amides is 5. The number of nitrogens with zero attached hydrogens (tertiary/aromatic N) is 1. The SMILES string of the molecule is CC(C)(C)[C@H](NC(=O)C(F)(F)F)C(=O)N1C[C@H]2[C@@H]([C@H]1C(=O)N[C@@H](C[C@@H]1CCNC1=O)C(N)=O)[C@H]1C=C[C@@H]2C1(F)F. The van der Waals surface area contributed by atoms with E-state index < -0.39 is 88.9 Å². The second-order valence-electron chi connectivity index (χ2n) is 12.0. The molecular formula is C25H32F5N5O5. The fourth-order valence-electron chi connectivity index (χ4n) is 6.48. The largest absolute Gasteiger partial charge is 0.471 e. The molecule has 8 atom stereocenters. The first kappa shape index (κ1) is 29.7. The van der Waals surface area contributed by atoms with Crippen molar-refractivity contribution in [3.63, 3.8) is 0 Å². The monoisotopic (exact) mass is 577 g/mol. The summed E-state index contributed by atoms with van der Waals surface area (Å²) in [5.74, 6) is -14.3. The number of carbonyl (C=O) groups excluding carboxylic acids is 5. The van der Waals surface area contributed by atoms with Crippen LogP contribution in [0.5, 0.6) is 0 Å². The molecule has 2 heterocycles. The maximum Gasteiger partial charge on any atom is 0.471 e. The Labute approximate surface area is 226 Å². The Morgan fingerprint density at radius 3 is 2.27 bits per heavy atom. The quantitative estimate of drug-likeness (QED) is 0.256. The van der Waals surface area contributed by atoms with Gasteiger partial charge in [0.25, 0.3) is 5.92 Å². The summed E-state index contributed by atoms with van der Waals surface area (Å²) in [5, 5.41) is 6.70. The Hall–Kier alpha value is -3.26. The third-order valence-corrected chi connectivity index (χ3v) is 8.43. The number of carbonyl (C=O) groups is 5. The van der Waals surface area contributed by atoms with Crippen LogP contribution in [-0.4, -0.2) is 77.7 Å². The zero-order valence-corrected chi connectivity index (χ0v) is 22.1. The molecule has 4 rings (SSSR count). The zero-order chi connectivity index (χ0) is 29.9. The number of rotatable bonds is 7. The van der Waals surface area contributed by atoms with E-state index in [1.165, 1.54) is 32.9 Å². The smallest absolute Gasteiger partial charge is 0.368 e. The first-order valence-electron chi connectivity index (χ1n) is 13.0. The third kappa shape index (κ3) is 5.14. The van der Waals surface area contributed by atoms with Gasteiger partial charge in [0, 0.05) is 36.8 Å². The van der Waals surface area contributed by atoms with Gasteiger partial charge in [-0.05, 0) is 24.2 Å². The number of halogens is 5. The predicted octanol–water partition coefficient (Wildman–Crippen LogP) is 0.470. The Bertz CT molecular complexity index is 1140. The molecule has 1 saturated carbocycles. The van der Waals surface area contributed by atoms with E-state index in [9.17, 15) is 37.1 Å². The molecule has 0 radical (unpaired) electrons. The van der Waals surface area contributed by atoms with Crippen LogP contribution in [0.2, 0.25) is 0 Å². The van der Waals surface area contributed by atoms with Crippen LogP contribution in [0.4, 0.5) is 22.0 Å². The normalized spacial score (nSPS) is 31.9. The molecule has 0 aromatic carbocycles. The topological polar surface area (TPSA) is 151 Å². The molecule has 5 N–H and O–H groups in total. The molecule has 0 aromatic heterocycles. The molecule has 4 aliphatic rings. The summed E-state index contributed by atoms with van der Waals surface area (Å²) in [5.41, 5.74) is 4.20. The van der Waals surface area contributed by atoms with Gasteiger partial charge in [-0.3, -0.25) is 24.0 Å². The fraction of sp³-hybridized carbons (Fsp3) is 0.720. The maximum atomic E-state index is 15.0. The van der Waals surface area contributed by atoms with Gasteiger partial charge in [0.2, 0.25) is 23.6 Å². The van der Waals surface area contributed by atoms with Crippen LogP contribution >= 0.6 is 0 Å². The van der Waals surface area contributed by atoms with Gasteiger partial charge in [-0.1, -0.05) is 32.9 Å². The molecule has 0 aromatic rings. The van der Waals surface area contributed by atoms with Crippen molar-refractivity contribution in [3.05, 3.63) is 12.2 Å². The molecule has 10 nitrogen and oxygen atoms in total. The molecule has 222 valence electrons. The molecule has 2 aliphatic carbocycles. The summed E-state index contributed by atoms with van der Waals surface area (Å²) < 4.78 is 69.3. The number of primary amides is 1. The van der Waals surface area contributed by atoms with Gasteiger partial charge < -0.3 is 26.6 Å². The lowest BCUT2D eigenvalue weighted by Crippen LogP contribution is -2.61. The highest BCUT2D eigenvalue weighted by Crippen LogP contribution is 2.61. The van der Waals surface area contributed by atoms with Gasteiger partial charge in [0.15, 0.2) is 0 Å². The minimum absolute atomic E-state index is 0.157. The summed E-state index contributed by atoms with van der Waals surface area (Å²) in [6.07, 6.45) is -2.50. The van der Waals surface area contributed by atoms with E-state index in [1.807, 2.05) is 0 Å². The van der Waals surface area contributed by atoms with Crippen molar-refractivity contribution in [1.82, 2.24) is 20.9 Å². The highest BCUT2D eigenvalue weighted by atomic mass is 19.4. The van der Waals surface area contributed by atoms with Gasteiger partial charge in [0.05, 0.1) is 0 Å². The van der Waals surface area contributed by atoms with E-state index in [2.05, 4.69) is 10.6 Å². The van der Waals surface area contributed by atoms with E-state index in [0.29, 0.717) is 13.0 Å². The lowest BCUT2D eigenvalue weighted by atomic mass is 9.81. The average molecular weight is 578 g/mol. The van der Waals surface area contributed by atoms with Gasteiger partial charge in [-0.15, -0.1) is 0 Å². The van der Waals surface area contributed by atoms with Crippen molar-refractivity contribution < 1.29 is 45.9 Å². The van der Waals surface area contributed by atoms with E-state index in [1.54, 1.807) is 5.32 Å². The summed E-state index contributed by atoms with van der Waals surface area (Å²) in [6, 6.07) is -4.71. The Morgan fingerprint density at radius 2 is 1.75 bits per heavy atom. The van der Waals surface area contributed by atoms with E-state index in [-0.39, 0.29) is 18.9 Å². The van der Waals surface area contributed by atoms with Crippen LogP contribution < -0.4 is 21.7 Å². The standard InChI is InChI=1S/C25H32F5N5O5/c1-23(2,3)17(34-22(40)25(28,29)30)21(39)35-9-11-12-4-5-13(24(12,26)27)15(11)16(35)20(38)33-14(18(31)36)8-10-6-7-32-19(10)37/h4-5,10-17H,6-9H2,1-3H3,(H2,31,36)(H,32,37)(H,33,38)(H,34,40)/t10-,11+,12-,13+,14-,15+,16-,17+/m0/s1. The molecule has 5 amide bonds. The maximum absolute atomic E-state index is 15.0. The number of likely N-dealkylation sites (tertiary alicyclic amines) is 1. The fourth-order valence-corrected chi connectivity index (χ4v) is 6.48. The summed E-state index contributed by atoms with van der Waals surface area (Å²) in [7, 11) is 0. The lowest BCUT2D eigenvalue weighted by Gasteiger charge is -2.37. The van der Waals surface area contributed by atoms with Crippen molar-refractivity contribution in [3.8, 4) is 0 Å². The van der Waals surface area contributed by atoms with Crippen molar-refractivity contribution in [1.29, 1.82) is 0 Å². The highest BCUT2D eigenvalue weighted by molar-refractivity contribution is 5.96. The van der Waals surface area contributed by atoms with Crippen LogP contribution in [0.3, 0.4) is 0 Å². The number of fused-ring (bicyclic) bond motifs is 5. The minimum Gasteiger partial charge on any atom is -0.368 e. The highest BCUT2D eigenvalue weighted by Gasteiger charge is 2.70. The molecule has 3 fully saturated rings. The van der Waals surface area contributed by atoms with Crippen LogP contribution in [0.25, 0.3) is 0 Å². The number of alkyl halides is 5. The van der Waals surface area contributed by atoms with Gasteiger partial charge in [-0.25, -0.2) is 8.78 Å². The summed E-state index contributed by atoms with van der Waals surface area (Å²) in [6.45, 7) is 4.22. The van der Waals surface area contributed by atoms with Crippen molar-refractivity contribution in [2.75, 3.05) is 13.1 Å². The van der Waals surface area contributed by atoms with Gasteiger partial charge >= 0.3 is 12.1 Å². The molecule has 40 heavy (non-hydrogen) atoms. The van der Waals surface area contributed by atoms with Gasteiger partial charge in [0.1, 0.15) is 18.1 Å². The van der Waals surface area contributed by atoms with E-state index >= 15 is 8.78 Å². The molecular weight excluding hydrogens is 545 g/mol. The third-order valence-electron chi connectivity index (χ3n) is 8.43. The number of hydrogen-bond donors (Lipinski definition) is 4. The number of nitrogens with two attached hydrogens (primary N) is 1. The van der Waals surface area contributed by atoms with Crippen molar-refractivity contribution in [2.45, 2.75) is 63.8 Å². The summed E-state index contributed by atoms with van der Waals surface area (Å²) in [4.78, 5) is 64.3. The number of nitrogens with one attached hydrogen (secondary N) is 3. The molecule has 0 spiro atoms. The Morgan fingerprint density at radius 1 is 1.12 bits per heavy atom. The van der Waals surface area contributed by atoms with Crippen molar-refractivity contribution in [2.24, 2.45) is 40.7 Å². The molecule has 2 bridgehead atoms.